The topological polar surface area (TPSA) is 43.4 Å². The summed E-state index contributed by atoms with van der Waals surface area (Å²) in [5.41, 5.74) is 0. The van der Waals surface area contributed by atoms with Crippen molar-refractivity contribution < 1.29 is 14.3 Å². The van der Waals surface area contributed by atoms with Crippen LogP contribution in [0, 0.1) is 11.8 Å². The molecule has 0 bridgehead atoms. The minimum Gasteiger partial charge on any atom is -0.461 e. The van der Waals surface area contributed by atoms with E-state index in [-0.39, 0.29) is 23.9 Å². The van der Waals surface area contributed by atoms with Gasteiger partial charge in [0.15, 0.2) is 0 Å². The average Bonchev–Trinajstić information content (AvgIpc) is 2.05. The molecular formula is C9H16O3. The lowest BCUT2D eigenvalue weighted by atomic mass is 10.0. The van der Waals surface area contributed by atoms with Crippen molar-refractivity contribution in [2.24, 2.45) is 11.8 Å². The molecule has 0 radical (unpaired) electrons. The maximum Gasteiger partial charge on any atom is 0.312 e. The van der Waals surface area contributed by atoms with E-state index in [1.54, 1.807) is 0 Å². The molecule has 3 nitrogen and oxygen atoms in total. The Labute approximate surface area is 73.1 Å². The molecule has 0 aromatic carbocycles. The van der Waals surface area contributed by atoms with Crippen molar-refractivity contribution in [3.8, 4) is 0 Å². The zero-order chi connectivity index (χ0) is 9.72. The number of esters is 1. The third-order valence-electron chi connectivity index (χ3n) is 1.65. The van der Waals surface area contributed by atoms with Gasteiger partial charge in [-0.2, -0.15) is 0 Å². The van der Waals surface area contributed by atoms with Crippen molar-refractivity contribution in [1.82, 2.24) is 0 Å². The quantitative estimate of drug-likeness (QED) is 0.443. The molecular weight excluding hydrogens is 156 g/mol. The molecule has 70 valence electrons. The fourth-order valence-electron chi connectivity index (χ4n) is 0.512. The summed E-state index contributed by atoms with van der Waals surface area (Å²) in [5.74, 6) is 0.280. The Morgan fingerprint density at radius 3 is 1.83 bits per heavy atom. The molecule has 0 aromatic heterocycles. The molecule has 1 rings (SSSR count). The highest BCUT2D eigenvalue weighted by molar-refractivity contribution is 5.77. The fourth-order valence-corrected chi connectivity index (χ4v) is 0.512. The molecule has 0 N–H and O–H groups in total. The van der Waals surface area contributed by atoms with E-state index in [2.05, 4.69) is 4.74 Å². The number of rotatable bonds is 1. The molecule has 3 heteroatoms. The van der Waals surface area contributed by atoms with Gasteiger partial charge in [0.25, 0.3) is 0 Å². The summed E-state index contributed by atoms with van der Waals surface area (Å²) < 4.78 is 4.61. The molecule has 0 aliphatic carbocycles. The summed E-state index contributed by atoms with van der Waals surface area (Å²) in [7, 11) is 0. The molecule has 0 saturated carbocycles. The second-order valence-corrected chi connectivity index (χ2v) is 3.31. The van der Waals surface area contributed by atoms with Gasteiger partial charge >= 0.3 is 5.97 Å². The van der Waals surface area contributed by atoms with Gasteiger partial charge in [0.05, 0.1) is 5.92 Å². The first-order valence-corrected chi connectivity index (χ1v) is 4.14. The lowest BCUT2D eigenvalue weighted by Gasteiger charge is -2.28. The monoisotopic (exact) mass is 172 g/mol. The molecule has 2 atom stereocenters. The largest absolute Gasteiger partial charge is 0.461 e. The van der Waals surface area contributed by atoms with Crippen molar-refractivity contribution in [2.45, 2.75) is 33.8 Å². The summed E-state index contributed by atoms with van der Waals surface area (Å²) in [6, 6.07) is 0. The first kappa shape index (κ1) is 11.1. The summed E-state index contributed by atoms with van der Waals surface area (Å²) in [4.78, 5) is 19.7. The van der Waals surface area contributed by atoms with Crippen molar-refractivity contribution >= 4 is 12.3 Å². The van der Waals surface area contributed by atoms with Crippen molar-refractivity contribution in [2.75, 3.05) is 0 Å². The van der Waals surface area contributed by atoms with Crippen LogP contribution in [0.2, 0.25) is 0 Å². The number of carbonyl (C=O) groups is 2. The highest BCUT2D eigenvalue weighted by Gasteiger charge is 2.34. The van der Waals surface area contributed by atoms with Gasteiger partial charge in [-0.3, -0.25) is 4.79 Å². The maximum absolute atomic E-state index is 10.2. The second-order valence-electron chi connectivity index (χ2n) is 3.31. The number of ether oxygens (including phenoxy) is 1. The summed E-state index contributed by atoms with van der Waals surface area (Å²) >= 11 is 0. The van der Waals surface area contributed by atoms with E-state index in [0.29, 0.717) is 0 Å². The molecule has 1 aliphatic heterocycles. The first-order valence-electron chi connectivity index (χ1n) is 4.14. The lowest BCUT2D eigenvalue weighted by Crippen LogP contribution is -2.40. The Kier molecular flexibility index (Phi) is 4.55. The minimum atomic E-state index is -0.0625. The van der Waals surface area contributed by atoms with Crippen LogP contribution in [-0.4, -0.2) is 18.4 Å². The van der Waals surface area contributed by atoms with E-state index in [4.69, 9.17) is 0 Å². The van der Waals surface area contributed by atoms with Gasteiger partial charge in [0.1, 0.15) is 12.4 Å². The van der Waals surface area contributed by atoms with Gasteiger partial charge < -0.3 is 9.53 Å². The highest BCUT2D eigenvalue weighted by atomic mass is 16.6. The Morgan fingerprint density at radius 1 is 1.42 bits per heavy atom. The Bertz CT molecular complexity index is 163. The van der Waals surface area contributed by atoms with Crippen LogP contribution in [0.1, 0.15) is 27.7 Å². The average molecular weight is 172 g/mol. The van der Waals surface area contributed by atoms with Crippen LogP contribution in [-0.2, 0) is 14.3 Å². The van der Waals surface area contributed by atoms with E-state index in [1.165, 1.54) is 0 Å². The Morgan fingerprint density at radius 2 is 1.83 bits per heavy atom. The number of aldehydes is 1. The van der Waals surface area contributed by atoms with Crippen molar-refractivity contribution in [1.29, 1.82) is 0 Å². The molecule has 1 saturated heterocycles. The molecule has 0 aromatic rings. The molecule has 1 aliphatic rings. The van der Waals surface area contributed by atoms with E-state index in [9.17, 15) is 9.59 Å². The van der Waals surface area contributed by atoms with Gasteiger partial charge in [-0.05, 0) is 13.8 Å². The minimum absolute atomic E-state index is 0.0625. The number of cyclic esters (lactones) is 1. The van der Waals surface area contributed by atoms with Crippen LogP contribution in [0.3, 0.4) is 0 Å². The predicted octanol–water partition coefficient (Wildman–Crippen LogP) is 1.41. The van der Waals surface area contributed by atoms with Crippen LogP contribution in [0.15, 0.2) is 0 Å². The maximum atomic E-state index is 10.2. The smallest absolute Gasteiger partial charge is 0.312 e. The standard InChI is InChI=1S/C5H8O2.C4H8O/c1-3-4(2)7-5(3)6;1-4(2)3-5/h3-4H,1-2H3;3-4H,1-2H3. The first-order chi connectivity index (χ1) is 5.49. The van der Waals surface area contributed by atoms with E-state index in [1.807, 2.05) is 27.7 Å². The van der Waals surface area contributed by atoms with E-state index in [0.717, 1.165) is 6.29 Å². The molecule has 0 spiro atoms. The van der Waals surface area contributed by atoms with Gasteiger partial charge in [0.2, 0.25) is 0 Å². The molecule has 12 heavy (non-hydrogen) atoms. The highest BCUT2D eigenvalue weighted by Crippen LogP contribution is 2.19. The molecule has 2 unspecified atom stereocenters. The van der Waals surface area contributed by atoms with Gasteiger partial charge in [0, 0.05) is 5.92 Å². The number of hydrogen-bond acceptors (Lipinski definition) is 3. The summed E-state index contributed by atoms with van der Waals surface area (Å²) in [6.07, 6.45) is 1.08. The SMILES string of the molecule is CC(C)C=O.CC1OC(=O)C1C. The normalized spacial score (nSPS) is 26.6. The van der Waals surface area contributed by atoms with Crippen LogP contribution in [0.25, 0.3) is 0 Å². The van der Waals surface area contributed by atoms with Crippen LogP contribution in [0.5, 0.6) is 0 Å². The molecule has 1 fully saturated rings. The number of hydrogen-bond donors (Lipinski definition) is 0. The van der Waals surface area contributed by atoms with E-state index >= 15 is 0 Å². The van der Waals surface area contributed by atoms with E-state index < -0.39 is 0 Å². The Hall–Kier alpha value is -0.860. The lowest BCUT2D eigenvalue weighted by molar-refractivity contribution is -0.179. The van der Waals surface area contributed by atoms with Crippen molar-refractivity contribution in [3.05, 3.63) is 0 Å². The number of carbonyl (C=O) groups excluding carboxylic acids is 2. The van der Waals surface area contributed by atoms with Crippen LogP contribution in [0.4, 0.5) is 0 Å². The predicted molar refractivity (Wildman–Crippen MR) is 45.6 cm³/mol. The molecule has 1 heterocycles. The van der Waals surface area contributed by atoms with Crippen LogP contribution < -0.4 is 0 Å². The third-order valence-corrected chi connectivity index (χ3v) is 1.65. The second kappa shape index (κ2) is 4.91. The molecule has 0 amide bonds. The third kappa shape index (κ3) is 3.51. The van der Waals surface area contributed by atoms with Crippen LogP contribution >= 0.6 is 0 Å². The zero-order valence-electron chi connectivity index (χ0n) is 8.03. The summed E-state index contributed by atoms with van der Waals surface area (Å²) in [6.45, 7) is 7.47. The van der Waals surface area contributed by atoms with Gasteiger partial charge in [-0.25, -0.2) is 0 Å². The Balaban J connectivity index is 0.000000217. The summed E-state index contributed by atoms with van der Waals surface area (Å²) in [5, 5.41) is 0. The zero-order valence-corrected chi connectivity index (χ0v) is 8.03. The van der Waals surface area contributed by atoms with Gasteiger partial charge in [-0.1, -0.05) is 13.8 Å². The fraction of sp³-hybridized carbons (Fsp3) is 0.778. The van der Waals surface area contributed by atoms with Crippen molar-refractivity contribution in [3.63, 3.8) is 0 Å². The van der Waals surface area contributed by atoms with Gasteiger partial charge in [-0.15, -0.1) is 0 Å².